The highest BCUT2D eigenvalue weighted by Crippen LogP contribution is 2.10. The van der Waals surface area contributed by atoms with E-state index < -0.39 is 0 Å². The Hall–Kier alpha value is -1.31. The standard InChI is InChI=1S/C11H16N2/c1-10(2)9-12-13(3)11-7-5-4-6-8-11/h4-10H,1-3H3/b12-9+. The zero-order chi connectivity index (χ0) is 9.68. The van der Waals surface area contributed by atoms with Crippen molar-refractivity contribution < 1.29 is 0 Å². The van der Waals surface area contributed by atoms with Crippen LogP contribution in [0.1, 0.15) is 13.8 Å². The Balaban J connectivity index is 2.64. The molecular weight excluding hydrogens is 160 g/mol. The van der Waals surface area contributed by atoms with Crippen molar-refractivity contribution >= 4 is 11.9 Å². The molecule has 0 saturated carbocycles. The average Bonchev–Trinajstić information content (AvgIpc) is 2.15. The molecule has 0 atom stereocenters. The molecule has 1 aromatic rings. The smallest absolute Gasteiger partial charge is 0.0590 e. The number of para-hydroxylation sites is 1. The molecule has 0 N–H and O–H groups in total. The third-order valence-corrected chi connectivity index (χ3v) is 1.67. The topological polar surface area (TPSA) is 15.6 Å². The summed E-state index contributed by atoms with van der Waals surface area (Å²) in [5.74, 6) is 0.492. The van der Waals surface area contributed by atoms with E-state index in [4.69, 9.17) is 0 Å². The van der Waals surface area contributed by atoms with Crippen LogP contribution in [-0.4, -0.2) is 13.3 Å². The number of hydrazone groups is 1. The quantitative estimate of drug-likeness (QED) is 0.510. The van der Waals surface area contributed by atoms with Gasteiger partial charge in [-0.3, -0.25) is 5.01 Å². The minimum atomic E-state index is 0.492. The van der Waals surface area contributed by atoms with Crippen LogP contribution < -0.4 is 5.01 Å². The van der Waals surface area contributed by atoms with Crippen molar-refractivity contribution in [2.24, 2.45) is 11.0 Å². The first-order chi connectivity index (χ1) is 6.20. The molecule has 2 nitrogen and oxygen atoms in total. The fraction of sp³-hybridized carbons (Fsp3) is 0.364. The van der Waals surface area contributed by atoms with Crippen LogP contribution in [0.15, 0.2) is 35.4 Å². The van der Waals surface area contributed by atoms with Crippen molar-refractivity contribution in [2.45, 2.75) is 13.8 Å². The number of benzene rings is 1. The predicted molar refractivity (Wildman–Crippen MR) is 58.2 cm³/mol. The molecule has 0 aliphatic rings. The fourth-order valence-electron chi connectivity index (χ4n) is 0.944. The maximum Gasteiger partial charge on any atom is 0.0590 e. The zero-order valence-corrected chi connectivity index (χ0v) is 8.44. The van der Waals surface area contributed by atoms with Gasteiger partial charge in [0.25, 0.3) is 0 Å². The molecule has 0 unspecified atom stereocenters. The van der Waals surface area contributed by atoms with Crippen molar-refractivity contribution in [3.8, 4) is 0 Å². The minimum absolute atomic E-state index is 0.492. The van der Waals surface area contributed by atoms with Crippen molar-refractivity contribution in [1.29, 1.82) is 0 Å². The molecule has 0 amide bonds. The zero-order valence-electron chi connectivity index (χ0n) is 8.44. The van der Waals surface area contributed by atoms with Gasteiger partial charge in [-0.2, -0.15) is 5.10 Å². The monoisotopic (exact) mass is 176 g/mol. The summed E-state index contributed by atoms with van der Waals surface area (Å²) < 4.78 is 0. The lowest BCUT2D eigenvalue weighted by Crippen LogP contribution is -2.09. The number of anilines is 1. The van der Waals surface area contributed by atoms with Crippen molar-refractivity contribution in [1.82, 2.24) is 0 Å². The van der Waals surface area contributed by atoms with E-state index in [9.17, 15) is 0 Å². The number of rotatable bonds is 3. The van der Waals surface area contributed by atoms with E-state index in [0.29, 0.717) is 5.92 Å². The Kier molecular flexibility index (Phi) is 3.50. The SMILES string of the molecule is CC(C)/C=N/N(C)c1ccccc1. The van der Waals surface area contributed by atoms with Crippen molar-refractivity contribution in [3.63, 3.8) is 0 Å². The molecule has 70 valence electrons. The Bertz CT molecular complexity index is 265. The molecule has 1 aromatic carbocycles. The Morgan fingerprint density at radius 2 is 1.85 bits per heavy atom. The fourth-order valence-corrected chi connectivity index (χ4v) is 0.944. The summed E-state index contributed by atoms with van der Waals surface area (Å²) in [6, 6.07) is 10.1. The van der Waals surface area contributed by atoms with E-state index in [-0.39, 0.29) is 0 Å². The van der Waals surface area contributed by atoms with Gasteiger partial charge in [0.15, 0.2) is 0 Å². The third-order valence-electron chi connectivity index (χ3n) is 1.67. The van der Waals surface area contributed by atoms with Gasteiger partial charge in [0.2, 0.25) is 0 Å². The molecule has 2 heteroatoms. The maximum absolute atomic E-state index is 4.30. The van der Waals surface area contributed by atoms with Crippen LogP contribution in [0.25, 0.3) is 0 Å². The second-order valence-corrected chi connectivity index (χ2v) is 3.37. The van der Waals surface area contributed by atoms with Crippen LogP contribution in [-0.2, 0) is 0 Å². The summed E-state index contributed by atoms with van der Waals surface area (Å²) in [6.45, 7) is 4.23. The number of hydrogen-bond acceptors (Lipinski definition) is 2. The average molecular weight is 176 g/mol. The molecule has 0 aromatic heterocycles. The molecule has 1 rings (SSSR count). The van der Waals surface area contributed by atoms with Crippen LogP contribution in [0.2, 0.25) is 0 Å². The highest BCUT2D eigenvalue weighted by Gasteiger charge is 1.94. The second kappa shape index (κ2) is 4.65. The van der Waals surface area contributed by atoms with E-state index >= 15 is 0 Å². The van der Waals surface area contributed by atoms with Crippen LogP contribution in [0.5, 0.6) is 0 Å². The van der Waals surface area contributed by atoms with Gasteiger partial charge < -0.3 is 0 Å². The normalized spacial score (nSPS) is 11.1. The lowest BCUT2D eigenvalue weighted by atomic mass is 10.3. The van der Waals surface area contributed by atoms with Gasteiger partial charge in [-0.1, -0.05) is 32.0 Å². The summed E-state index contributed by atoms with van der Waals surface area (Å²) in [6.07, 6.45) is 1.94. The van der Waals surface area contributed by atoms with Crippen LogP contribution >= 0.6 is 0 Å². The van der Waals surface area contributed by atoms with Gasteiger partial charge in [0.1, 0.15) is 0 Å². The summed E-state index contributed by atoms with van der Waals surface area (Å²) in [7, 11) is 1.95. The molecule has 13 heavy (non-hydrogen) atoms. The van der Waals surface area contributed by atoms with Crippen LogP contribution in [0.3, 0.4) is 0 Å². The predicted octanol–water partition coefficient (Wildman–Crippen LogP) is 2.76. The van der Waals surface area contributed by atoms with E-state index in [2.05, 4.69) is 18.9 Å². The van der Waals surface area contributed by atoms with Gasteiger partial charge in [-0.25, -0.2) is 0 Å². The molecule has 0 heterocycles. The minimum Gasteiger partial charge on any atom is -0.269 e. The van der Waals surface area contributed by atoms with Crippen molar-refractivity contribution in [3.05, 3.63) is 30.3 Å². The molecule has 0 fully saturated rings. The van der Waals surface area contributed by atoms with E-state index in [0.717, 1.165) is 5.69 Å². The number of nitrogens with zero attached hydrogens (tertiary/aromatic N) is 2. The number of hydrogen-bond donors (Lipinski definition) is 0. The van der Waals surface area contributed by atoms with E-state index in [1.54, 1.807) is 0 Å². The Labute approximate surface area is 79.9 Å². The van der Waals surface area contributed by atoms with Crippen LogP contribution in [0, 0.1) is 5.92 Å². The highest BCUT2D eigenvalue weighted by atomic mass is 15.4. The van der Waals surface area contributed by atoms with Gasteiger partial charge in [-0.15, -0.1) is 0 Å². The first kappa shape index (κ1) is 9.78. The van der Waals surface area contributed by atoms with Gasteiger partial charge >= 0.3 is 0 Å². The largest absolute Gasteiger partial charge is 0.269 e. The lowest BCUT2D eigenvalue weighted by Gasteiger charge is -2.12. The summed E-state index contributed by atoms with van der Waals surface area (Å²) in [5, 5.41) is 6.18. The van der Waals surface area contributed by atoms with E-state index in [1.165, 1.54) is 0 Å². The van der Waals surface area contributed by atoms with Gasteiger partial charge in [0, 0.05) is 13.3 Å². The molecule has 0 aliphatic heterocycles. The second-order valence-electron chi connectivity index (χ2n) is 3.37. The highest BCUT2D eigenvalue weighted by molar-refractivity contribution is 5.62. The molecule has 0 radical (unpaired) electrons. The summed E-state index contributed by atoms with van der Waals surface area (Å²) in [4.78, 5) is 0. The first-order valence-corrected chi connectivity index (χ1v) is 4.53. The Morgan fingerprint density at radius 3 is 2.38 bits per heavy atom. The first-order valence-electron chi connectivity index (χ1n) is 4.53. The molecule has 0 aliphatic carbocycles. The van der Waals surface area contributed by atoms with Crippen LogP contribution in [0.4, 0.5) is 5.69 Å². The molecule has 0 saturated heterocycles. The molecule has 0 bridgehead atoms. The Morgan fingerprint density at radius 1 is 1.23 bits per heavy atom. The van der Waals surface area contributed by atoms with Gasteiger partial charge in [-0.05, 0) is 18.1 Å². The summed E-state index contributed by atoms with van der Waals surface area (Å²) in [5.41, 5.74) is 1.11. The van der Waals surface area contributed by atoms with E-state index in [1.807, 2.05) is 48.6 Å². The lowest BCUT2D eigenvalue weighted by molar-refractivity contribution is 0.886. The van der Waals surface area contributed by atoms with Crippen molar-refractivity contribution in [2.75, 3.05) is 12.1 Å². The molecule has 0 spiro atoms. The van der Waals surface area contributed by atoms with Gasteiger partial charge in [0.05, 0.1) is 5.69 Å². The maximum atomic E-state index is 4.30. The molecular formula is C11H16N2. The third kappa shape index (κ3) is 3.28. The summed E-state index contributed by atoms with van der Waals surface area (Å²) >= 11 is 0.